The van der Waals surface area contributed by atoms with Crippen LogP contribution in [0.3, 0.4) is 0 Å². The topological polar surface area (TPSA) is 38.9 Å². The van der Waals surface area contributed by atoms with Gasteiger partial charge in [0.2, 0.25) is 0 Å². The molecule has 0 radical (unpaired) electrons. The Bertz CT molecular complexity index is 337. The van der Waals surface area contributed by atoms with Gasteiger partial charge >= 0.3 is 0 Å². The summed E-state index contributed by atoms with van der Waals surface area (Å²) in [5, 5.41) is 6.88. The Labute approximate surface area is 91.3 Å². The second-order valence-electron chi connectivity index (χ2n) is 4.57. The number of nitrogens with one attached hydrogen (secondary N) is 1. The third-order valence-electron chi connectivity index (χ3n) is 3.49. The predicted molar refractivity (Wildman–Crippen MR) is 58.7 cm³/mol. The van der Waals surface area contributed by atoms with E-state index in [1.54, 1.807) is 4.90 Å². The maximum absolute atomic E-state index is 4.47. The second-order valence-corrected chi connectivity index (χ2v) is 4.57. The summed E-state index contributed by atoms with van der Waals surface area (Å²) >= 11 is 0. The lowest BCUT2D eigenvalue weighted by Crippen LogP contribution is -3.19. The molecule has 1 aromatic rings. The third kappa shape index (κ3) is 2.21. The second kappa shape index (κ2) is 4.33. The number of aryl methyl sites for hydroxylation is 2. The molecule has 0 spiro atoms. The molecule has 3 N–H and O–H groups in total. The molecule has 2 heterocycles. The van der Waals surface area contributed by atoms with Crippen molar-refractivity contribution < 1.29 is 10.2 Å². The Hall–Kier alpha value is -0.870. The Balaban J connectivity index is 2.09. The quantitative estimate of drug-likeness (QED) is 0.582. The van der Waals surface area contributed by atoms with Crippen LogP contribution in [-0.4, -0.2) is 36.0 Å². The van der Waals surface area contributed by atoms with E-state index in [1.165, 1.54) is 43.1 Å². The van der Waals surface area contributed by atoms with E-state index in [9.17, 15) is 0 Å². The van der Waals surface area contributed by atoms with Gasteiger partial charge in [-0.1, -0.05) is 0 Å². The molecule has 1 aliphatic heterocycles. The SMILES string of the molecule is Cc1nn(C)c(C)c1C[NH+]1CC[NH2+]CC1. The summed E-state index contributed by atoms with van der Waals surface area (Å²) in [5.41, 5.74) is 3.99. The number of rotatable bonds is 2. The molecular weight excluding hydrogens is 188 g/mol. The van der Waals surface area contributed by atoms with Crippen molar-refractivity contribution in [1.29, 1.82) is 0 Å². The van der Waals surface area contributed by atoms with E-state index in [2.05, 4.69) is 24.3 Å². The first-order chi connectivity index (χ1) is 7.18. The molecule has 0 aromatic carbocycles. The summed E-state index contributed by atoms with van der Waals surface area (Å²) < 4.78 is 2.00. The third-order valence-corrected chi connectivity index (χ3v) is 3.49. The van der Waals surface area contributed by atoms with Crippen molar-refractivity contribution in [2.75, 3.05) is 26.2 Å². The van der Waals surface area contributed by atoms with E-state index in [0.29, 0.717) is 0 Å². The fourth-order valence-corrected chi connectivity index (χ4v) is 2.38. The van der Waals surface area contributed by atoms with E-state index in [0.717, 1.165) is 6.54 Å². The average molecular weight is 210 g/mol. The molecule has 1 aromatic heterocycles. The van der Waals surface area contributed by atoms with Crippen molar-refractivity contribution in [1.82, 2.24) is 9.78 Å². The number of aromatic nitrogens is 2. The summed E-state index contributed by atoms with van der Waals surface area (Å²) in [5.74, 6) is 0. The maximum Gasteiger partial charge on any atom is 0.127 e. The molecule has 84 valence electrons. The molecule has 1 fully saturated rings. The molecule has 15 heavy (non-hydrogen) atoms. The van der Waals surface area contributed by atoms with Crippen LogP contribution in [0.1, 0.15) is 17.0 Å². The van der Waals surface area contributed by atoms with Gasteiger partial charge < -0.3 is 10.2 Å². The summed E-state index contributed by atoms with van der Waals surface area (Å²) in [7, 11) is 2.03. The van der Waals surface area contributed by atoms with Crippen LogP contribution in [0.25, 0.3) is 0 Å². The zero-order chi connectivity index (χ0) is 10.8. The highest BCUT2D eigenvalue weighted by atomic mass is 15.3. The first kappa shape index (κ1) is 10.6. The fourth-order valence-electron chi connectivity index (χ4n) is 2.38. The number of nitrogens with two attached hydrogens (primary N) is 1. The van der Waals surface area contributed by atoms with Gasteiger partial charge in [-0.2, -0.15) is 5.10 Å². The molecule has 0 atom stereocenters. The van der Waals surface area contributed by atoms with Gasteiger partial charge in [0.15, 0.2) is 0 Å². The first-order valence-corrected chi connectivity index (χ1v) is 5.83. The van der Waals surface area contributed by atoms with Crippen molar-refractivity contribution in [2.45, 2.75) is 20.4 Å². The Kier molecular flexibility index (Phi) is 3.07. The van der Waals surface area contributed by atoms with Gasteiger partial charge in [-0.3, -0.25) is 4.68 Å². The van der Waals surface area contributed by atoms with Gasteiger partial charge in [0, 0.05) is 18.3 Å². The first-order valence-electron chi connectivity index (χ1n) is 5.83. The summed E-state index contributed by atoms with van der Waals surface area (Å²) in [6, 6.07) is 0. The highest BCUT2D eigenvalue weighted by Crippen LogP contribution is 2.09. The molecule has 1 aliphatic rings. The van der Waals surface area contributed by atoms with E-state index in [1.807, 2.05) is 11.7 Å². The van der Waals surface area contributed by atoms with Crippen molar-refractivity contribution in [3.8, 4) is 0 Å². The minimum absolute atomic E-state index is 1.15. The average Bonchev–Trinajstić information content (AvgIpc) is 2.47. The van der Waals surface area contributed by atoms with Crippen LogP contribution in [-0.2, 0) is 13.6 Å². The Morgan fingerprint density at radius 2 is 2.00 bits per heavy atom. The highest BCUT2D eigenvalue weighted by molar-refractivity contribution is 5.22. The molecule has 4 heteroatoms. The van der Waals surface area contributed by atoms with Gasteiger partial charge in [0.05, 0.1) is 5.69 Å². The van der Waals surface area contributed by atoms with Crippen LogP contribution in [0.5, 0.6) is 0 Å². The van der Waals surface area contributed by atoms with E-state index in [4.69, 9.17) is 0 Å². The van der Waals surface area contributed by atoms with Crippen LogP contribution < -0.4 is 10.2 Å². The minimum Gasteiger partial charge on any atom is -0.337 e. The van der Waals surface area contributed by atoms with Gasteiger partial charge in [0.25, 0.3) is 0 Å². The molecule has 0 unspecified atom stereocenters. The Morgan fingerprint density at radius 1 is 1.33 bits per heavy atom. The van der Waals surface area contributed by atoms with Gasteiger partial charge in [0.1, 0.15) is 32.7 Å². The van der Waals surface area contributed by atoms with Crippen LogP contribution in [0.4, 0.5) is 0 Å². The molecule has 1 saturated heterocycles. The number of quaternary nitrogens is 2. The molecule has 2 rings (SSSR count). The minimum atomic E-state index is 1.15. The van der Waals surface area contributed by atoms with Crippen molar-refractivity contribution in [2.24, 2.45) is 7.05 Å². The Morgan fingerprint density at radius 3 is 2.53 bits per heavy atom. The normalized spacial score (nSPS) is 18.3. The largest absolute Gasteiger partial charge is 0.337 e. The van der Waals surface area contributed by atoms with E-state index >= 15 is 0 Å². The van der Waals surface area contributed by atoms with Crippen molar-refractivity contribution in [3.63, 3.8) is 0 Å². The van der Waals surface area contributed by atoms with Crippen LogP contribution >= 0.6 is 0 Å². The van der Waals surface area contributed by atoms with Crippen LogP contribution in [0.15, 0.2) is 0 Å². The smallest absolute Gasteiger partial charge is 0.127 e. The lowest BCUT2D eigenvalue weighted by Gasteiger charge is -2.22. The molecule has 0 amide bonds. The number of piperazine rings is 1. The predicted octanol–water partition coefficient (Wildman–Crippen LogP) is -2.00. The van der Waals surface area contributed by atoms with Crippen LogP contribution in [0, 0.1) is 13.8 Å². The number of hydrogen-bond donors (Lipinski definition) is 2. The van der Waals surface area contributed by atoms with Gasteiger partial charge in [-0.05, 0) is 13.8 Å². The van der Waals surface area contributed by atoms with Gasteiger partial charge in [-0.25, -0.2) is 0 Å². The van der Waals surface area contributed by atoms with Crippen molar-refractivity contribution in [3.05, 3.63) is 17.0 Å². The molecule has 4 nitrogen and oxygen atoms in total. The molecular formula is C11H22N4+2. The van der Waals surface area contributed by atoms with Crippen LogP contribution in [0.2, 0.25) is 0 Å². The molecule has 0 saturated carbocycles. The number of nitrogens with zero attached hydrogens (tertiary/aromatic N) is 2. The van der Waals surface area contributed by atoms with Crippen molar-refractivity contribution >= 4 is 0 Å². The standard InChI is InChI=1S/C11H20N4/c1-9-11(10(2)14(3)13-9)8-15-6-4-12-5-7-15/h12H,4-8H2,1-3H3/p+2. The summed E-state index contributed by atoms with van der Waals surface area (Å²) in [6.45, 7) is 10.6. The summed E-state index contributed by atoms with van der Waals surface area (Å²) in [6.07, 6.45) is 0. The van der Waals surface area contributed by atoms with E-state index in [-0.39, 0.29) is 0 Å². The van der Waals surface area contributed by atoms with E-state index < -0.39 is 0 Å². The monoisotopic (exact) mass is 210 g/mol. The summed E-state index contributed by atoms with van der Waals surface area (Å²) in [4.78, 5) is 1.71. The fraction of sp³-hybridized carbons (Fsp3) is 0.727. The lowest BCUT2D eigenvalue weighted by molar-refractivity contribution is -0.958. The molecule has 0 aliphatic carbocycles. The van der Waals surface area contributed by atoms with Gasteiger partial charge in [-0.15, -0.1) is 0 Å². The highest BCUT2D eigenvalue weighted by Gasteiger charge is 2.19. The maximum atomic E-state index is 4.47. The lowest BCUT2D eigenvalue weighted by atomic mass is 10.1. The zero-order valence-electron chi connectivity index (χ0n) is 10.0. The zero-order valence-corrected chi connectivity index (χ0v) is 10.0. The molecule has 0 bridgehead atoms. The number of hydrogen-bond acceptors (Lipinski definition) is 1.